The molecule has 0 aliphatic rings. The average molecular weight is 297 g/mol. The highest BCUT2D eigenvalue weighted by Crippen LogP contribution is 2.19. The molecule has 0 fully saturated rings. The van der Waals surface area contributed by atoms with Gasteiger partial charge in [-0.2, -0.15) is 0 Å². The predicted molar refractivity (Wildman–Crippen MR) is 86.5 cm³/mol. The Morgan fingerprint density at radius 3 is 2.45 bits per heavy atom. The van der Waals surface area contributed by atoms with Crippen LogP contribution in [0.1, 0.15) is 38.7 Å². The van der Waals surface area contributed by atoms with Crippen LogP contribution in [0.25, 0.3) is 0 Å². The molecule has 1 N–H and O–H groups in total. The number of carbonyl (C=O) groups is 1. The number of anilines is 1. The molecule has 0 heterocycles. The zero-order valence-electron chi connectivity index (χ0n) is 12.7. The van der Waals surface area contributed by atoms with Crippen LogP contribution in [0, 0.1) is 6.92 Å². The summed E-state index contributed by atoms with van der Waals surface area (Å²) < 4.78 is 0. The van der Waals surface area contributed by atoms with Gasteiger partial charge in [-0.15, -0.1) is 0 Å². The fourth-order valence-corrected chi connectivity index (χ4v) is 2.42. The summed E-state index contributed by atoms with van der Waals surface area (Å²) in [5, 5.41) is 4.04. The van der Waals surface area contributed by atoms with E-state index in [-0.39, 0.29) is 5.91 Å². The standard InChI is InChI=1S/C16H25ClN2O/c1-4-10-19(11-5-2)16(20)8-9-18-15-7-6-14(17)12-13(15)3/h6-7,12,18H,4-5,8-11H2,1-3H3. The van der Waals surface area contributed by atoms with E-state index in [1.165, 1.54) is 0 Å². The Morgan fingerprint density at radius 2 is 1.90 bits per heavy atom. The van der Waals surface area contributed by atoms with E-state index in [0.29, 0.717) is 13.0 Å². The monoisotopic (exact) mass is 296 g/mol. The van der Waals surface area contributed by atoms with Crippen molar-refractivity contribution in [2.24, 2.45) is 0 Å². The smallest absolute Gasteiger partial charge is 0.224 e. The molecule has 20 heavy (non-hydrogen) atoms. The maximum Gasteiger partial charge on any atom is 0.224 e. The third-order valence-corrected chi connectivity index (χ3v) is 3.42. The Kier molecular flexibility index (Phi) is 7.45. The lowest BCUT2D eigenvalue weighted by atomic mass is 10.2. The Bertz CT molecular complexity index is 428. The van der Waals surface area contributed by atoms with E-state index in [0.717, 1.165) is 42.2 Å². The minimum Gasteiger partial charge on any atom is -0.384 e. The fourth-order valence-electron chi connectivity index (χ4n) is 2.19. The molecule has 0 unspecified atom stereocenters. The molecule has 1 rings (SSSR count). The molecule has 3 nitrogen and oxygen atoms in total. The summed E-state index contributed by atoms with van der Waals surface area (Å²) in [6, 6.07) is 5.74. The van der Waals surface area contributed by atoms with Gasteiger partial charge in [0.25, 0.3) is 0 Å². The van der Waals surface area contributed by atoms with Crippen LogP contribution in [-0.2, 0) is 4.79 Å². The first kappa shape index (κ1) is 16.8. The highest BCUT2D eigenvalue weighted by molar-refractivity contribution is 6.30. The van der Waals surface area contributed by atoms with E-state index in [4.69, 9.17) is 11.6 Å². The van der Waals surface area contributed by atoms with Crippen LogP contribution in [0.4, 0.5) is 5.69 Å². The molecule has 0 aliphatic heterocycles. The lowest BCUT2D eigenvalue weighted by molar-refractivity contribution is -0.131. The lowest BCUT2D eigenvalue weighted by Crippen LogP contribution is -2.33. The fraction of sp³-hybridized carbons (Fsp3) is 0.562. The molecule has 0 atom stereocenters. The molecular weight excluding hydrogens is 272 g/mol. The van der Waals surface area contributed by atoms with Crippen LogP contribution in [0.15, 0.2) is 18.2 Å². The number of benzene rings is 1. The van der Waals surface area contributed by atoms with Crippen molar-refractivity contribution >= 4 is 23.2 Å². The molecule has 0 bridgehead atoms. The Labute approximate surface area is 127 Å². The Hall–Kier alpha value is -1.22. The molecule has 0 spiro atoms. The van der Waals surface area contributed by atoms with Gasteiger partial charge in [-0.05, 0) is 43.5 Å². The van der Waals surface area contributed by atoms with E-state index < -0.39 is 0 Å². The molecule has 4 heteroatoms. The van der Waals surface area contributed by atoms with Gasteiger partial charge >= 0.3 is 0 Å². The van der Waals surface area contributed by atoms with Crippen LogP contribution in [-0.4, -0.2) is 30.4 Å². The summed E-state index contributed by atoms with van der Waals surface area (Å²) in [4.78, 5) is 14.1. The third-order valence-electron chi connectivity index (χ3n) is 3.18. The quantitative estimate of drug-likeness (QED) is 0.783. The van der Waals surface area contributed by atoms with Gasteiger partial charge in [0.2, 0.25) is 5.91 Å². The molecule has 0 saturated heterocycles. The van der Waals surface area contributed by atoms with Gasteiger partial charge in [0.15, 0.2) is 0 Å². The van der Waals surface area contributed by atoms with Crippen molar-refractivity contribution in [1.29, 1.82) is 0 Å². The van der Waals surface area contributed by atoms with E-state index in [1.54, 1.807) is 0 Å². The number of rotatable bonds is 8. The molecule has 112 valence electrons. The number of hydrogen-bond donors (Lipinski definition) is 1. The van der Waals surface area contributed by atoms with Gasteiger partial charge in [0.05, 0.1) is 0 Å². The van der Waals surface area contributed by atoms with Gasteiger partial charge in [-0.25, -0.2) is 0 Å². The van der Waals surface area contributed by atoms with Crippen LogP contribution < -0.4 is 5.32 Å². The second kappa shape index (κ2) is 8.85. The van der Waals surface area contributed by atoms with Crippen LogP contribution in [0.5, 0.6) is 0 Å². The second-order valence-electron chi connectivity index (χ2n) is 5.02. The zero-order chi connectivity index (χ0) is 15.0. The molecule has 1 aromatic rings. The summed E-state index contributed by atoms with van der Waals surface area (Å²) in [7, 11) is 0. The largest absolute Gasteiger partial charge is 0.384 e. The van der Waals surface area contributed by atoms with Crippen molar-refractivity contribution in [3.05, 3.63) is 28.8 Å². The van der Waals surface area contributed by atoms with Crippen LogP contribution in [0.3, 0.4) is 0 Å². The number of halogens is 1. The highest BCUT2D eigenvalue weighted by Gasteiger charge is 2.11. The third kappa shape index (κ3) is 5.41. The molecule has 0 saturated carbocycles. The minimum atomic E-state index is 0.229. The normalized spacial score (nSPS) is 10.4. The van der Waals surface area contributed by atoms with Crippen molar-refractivity contribution < 1.29 is 4.79 Å². The van der Waals surface area contributed by atoms with Gasteiger partial charge in [0, 0.05) is 36.8 Å². The molecule has 0 radical (unpaired) electrons. The first-order valence-corrected chi connectivity index (χ1v) is 7.74. The van der Waals surface area contributed by atoms with Crippen molar-refractivity contribution in [3.63, 3.8) is 0 Å². The molecular formula is C16H25ClN2O. The first-order valence-electron chi connectivity index (χ1n) is 7.36. The van der Waals surface area contributed by atoms with Gasteiger partial charge < -0.3 is 10.2 Å². The van der Waals surface area contributed by atoms with Crippen molar-refractivity contribution in [2.45, 2.75) is 40.0 Å². The Morgan fingerprint density at radius 1 is 1.25 bits per heavy atom. The van der Waals surface area contributed by atoms with Crippen LogP contribution >= 0.6 is 11.6 Å². The summed E-state index contributed by atoms with van der Waals surface area (Å²) >= 11 is 5.92. The van der Waals surface area contributed by atoms with Gasteiger partial charge in [-0.3, -0.25) is 4.79 Å². The molecule has 0 aromatic heterocycles. The van der Waals surface area contributed by atoms with Crippen molar-refractivity contribution in [2.75, 3.05) is 25.0 Å². The minimum absolute atomic E-state index is 0.229. The number of nitrogens with zero attached hydrogens (tertiary/aromatic N) is 1. The number of aryl methyl sites for hydroxylation is 1. The van der Waals surface area contributed by atoms with Crippen molar-refractivity contribution in [3.8, 4) is 0 Å². The summed E-state index contributed by atoms with van der Waals surface area (Å²) in [6.07, 6.45) is 2.55. The van der Waals surface area contributed by atoms with E-state index in [1.807, 2.05) is 30.0 Å². The van der Waals surface area contributed by atoms with Crippen LogP contribution in [0.2, 0.25) is 5.02 Å². The van der Waals surface area contributed by atoms with E-state index >= 15 is 0 Å². The Balaban J connectivity index is 2.44. The SMILES string of the molecule is CCCN(CCC)C(=O)CCNc1ccc(Cl)cc1C. The van der Waals surface area contributed by atoms with E-state index in [9.17, 15) is 4.79 Å². The number of amides is 1. The zero-order valence-corrected chi connectivity index (χ0v) is 13.5. The maximum atomic E-state index is 12.1. The molecule has 1 amide bonds. The molecule has 1 aromatic carbocycles. The molecule has 0 aliphatic carbocycles. The van der Waals surface area contributed by atoms with Gasteiger partial charge in [0.1, 0.15) is 0 Å². The maximum absolute atomic E-state index is 12.1. The highest BCUT2D eigenvalue weighted by atomic mass is 35.5. The summed E-state index contributed by atoms with van der Waals surface area (Å²) in [5.74, 6) is 0.229. The van der Waals surface area contributed by atoms with Gasteiger partial charge in [-0.1, -0.05) is 25.4 Å². The number of carbonyl (C=O) groups excluding carboxylic acids is 1. The average Bonchev–Trinajstić information content (AvgIpc) is 2.41. The summed E-state index contributed by atoms with van der Waals surface area (Å²) in [5.41, 5.74) is 2.14. The predicted octanol–water partition coefficient (Wildman–Crippen LogP) is 4.10. The topological polar surface area (TPSA) is 32.3 Å². The number of hydrogen-bond acceptors (Lipinski definition) is 2. The number of nitrogens with one attached hydrogen (secondary N) is 1. The second-order valence-corrected chi connectivity index (χ2v) is 5.45. The van der Waals surface area contributed by atoms with Crippen molar-refractivity contribution in [1.82, 2.24) is 4.90 Å². The lowest BCUT2D eigenvalue weighted by Gasteiger charge is -2.21. The van der Waals surface area contributed by atoms with E-state index in [2.05, 4.69) is 19.2 Å². The first-order chi connectivity index (χ1) is 9.58. The summed E-state index contributed by atoms with van der Waals surface area (Å²) in [6.45, 7) is 8.58.